The lowest BCUT2D eigenvalue weighted by Crippen LogP contribution is -2.47. The topological polar surface area (TPSA) is 50.8 Å². The second kappa shape index (κ2) is 6.21. The molecule has 1 heterocycles. The molecule has 0 bridgehead atoms. The third-order valence-corrected chi connectivity index (χ3v) is 2.61. The molecule has 1 rings (SSSR count). The van der Waals surface area contributed by atoms with Crippen molar-refractivity contribution in [2.24, 2.45) is 0 Å². The summed E-state index contributed by atoms with van der Waals surface area (Å²) in [4.78, 5) is 13.8. The van der Waals surface area contributed by atoms with Gasteiger partial charge in [-0.25, -0.2) is 4.79 Å². The molecule has 1 N–H and O–H groups in total. The molecule has 1 aliphatic rings. The monoisotopic (exact) mass is 244 g/mol. The predicted octanol–water partition coefficient (Wildman–Crippen LogP) is 1.23. The molecule has 1 atom stereocenters. The number of amides is 1. The quantitative estimate of drug-likeness (QED) is 0.811. The van der Waals surface area contributed by atoms with Gasteiger partial charge in [0.2, 0.25) is 0 Å². The van der Waals surface area contributed by atoms with Gasteiger partial charge < -0.3 is 14.8 Å². The molecule has 5 heteroatoms. The van der Waals surface area contributed by atoms with E-state index in [0.717, 1.165) is 26.3 Å². The number of nitrogens with zero attached hydrogens (tertiary/aromatic N) is 1. The van der Waals surface area contributed by atoms with Crippen molar-refractivity contribution in [3.05, 3.63) is 0 Å². The fraction of sp³-hybridized carbons (Fsp3) is 0.917. The molecule has 1 saturated heterocycles. The Morgan fingerprint density at radius 3 is 2.53 bits per heavy atom. The van der Waals surface area contributed by atoms with Crippen LogP contribution in [0.15, 0.2) is 0 Å². The number of nitrogens with one attached hydrogen (secondary N) is 1. The number of ether oxygens (including phenoxy) is 2. The molecule has 0 spiro atoms. The Hall–Kier alpha value is -0.810. The molecule has 0 aromatic rings. The van der Waals surface area contributed by atoms with Crippen LogP contribution in [0.1, 0.15) is 27.7 Å². The average molecular weight is 244 g/mol. The van der Waals surface area contributed by atoms with Crippen LogP contribution in [0.4, 0.5) is 4.79 Å². The number of alkyl carbamates (subject to hydrolysis) is 1. The van der Waals surface area contributed by atoms with E-state index in [1.54, 1.807) is 0 Å². The predicted molar refractivity (Wildman–Crippen MR) is 66.1 cm³/mol. The number of hydrogen-bond acceptors (Lipinski definition) is 4. The van der Waals surface area contributed by atoms with Crippen LogP contribution in [0.5, 0.6) is 0 Å². The molecular formula is C12H24N2O3. The highest BCUT2D eigenvalue weighted by molar-refractivity contribution is 5.67. The molecule has 17 heavy (non-hydrogen) atoms. The van der Waals surface area contributed by atoms with Crippen LogP contribution >= 0.6 is 0 Å². The van der Waals surface area contributed by atoms with Crippen molar-refractivity contribution in [3.63, 3.8) is 0 Å². The van der Waals surface area contributed by atoms with Gasteiger partial charge in [0, 0.05) is 25.7 Å². The number of hydrogen-bond donors (Lipinski definition) is 1. The van der Waals surface area contributed by atoms with Crippen molar-refractivity contribution < 1.29 is 14.3 Å². The van der Waals surface area contributed by atoms with Crippen molar-refractivity contribution in [1.82, 2.24) is 10.2 Å². The van der Waals surface area contributed by atoms with Crippen molar-refractivity contribution in [3.8, 4) is 0 Å². The molecule has 100 valence electrons. The van der Waals surface area contributed by atoms with E-state index in [-0.39, 0.29) is 6.09 Å². The first-order valence-corrected chi connectivity index (χ1v) is 6.17. The van der Waals surface area contributed by atoms with E-state index in [2.05, 4.69) is 17.1 Å². The van der Waals surface area contributed by atoms with Crippen molar-refractivity contribution in [1.29, 1.82) is 0 Å². The maximum atomic E-state index is 11.5. The molecule has 1 unspecified atom stereocenters. The van der Waals surface area contributed by atoms with Gasteiger partial charge in [0.05, 0.1) is 13.2 Å². The standard InChI is InChI=1S/C12H24N2O3/c1-10(14-5-7-16-8-6-14)9-13-11(15)17-12(2,3)4/h10H,5-9H2,1-4H3,(H,13,15). The number of morpholine rings is 1. The minimum atomic E-state index is -0.438. The molecule has 1 amide bonds. The Balaban J connectivity index is 2.22. The summed E-state index contributed by atoms with van der Waals surface area (Å²) in [6, 6.07) is 0.311. The van der Waals surface area contributed by atoms with E-state index in [0.29, 0.717) is 12.6 Å². The summed E-state index contributed by atoms with van der Waals surface area (Å²) >= 11 is 0. The summed E-state index contributed by atoms with van der Waals surface area (Å²) < 4.78 is 10.5. The molecule has 0 saturated carbocycles. The third kappa shape index (κ3) is 5.89. The van der Waals surface area contributed by atoms with E-state index >= 15 is 0 Å². The van der Waals surface area contributed by atoms with Gasteiger partial charge in [0.1, 0.15) is 5.60 Å². The second-order valence-electron chi connectivity index (χ2n) is 5.38. The Morgan fingerprint density at radius 2 is 2.00 bits per heavy atom. The van der Waals surface area contributed by atoms with Crippen molar-refractivity contribution in [2.75, 3.05) is 32.8 Å². The van der Waals surface area contributed by atoms with Crippen LogP contribution in [0.3, 0.4) is 0 Å². The molecule has 0 aromatic carbocycles. The third-order valence-electron chi connectivity index (χ3n) is 2.61. The van der Waals surface area contributed by atoms with E-state index in [1.165, 1.54) is 0 Å². The van der Waals surface area contributed by atoms with E-state index in [1.807, 2.05) is 20.8 Å². The van der Waals surface area contributed by atoms with E-state index in [4.69, 9.17) is 9.47 Å². The maximum absolute atomic E-state index is 11.5. The lowest BCUT2D eigenvalue weighted by Gasteiger charge is -2.32. The molecule has 0 radical (unpaired) electrons. The van der Waals surface area contributed by atoms with E-state index < -0.39 is 5.60 Å². The Bertz CT molecular complexity index is 245. The van der Waals surface area contributed by atoms with Crippen LogP contribution in [-0.2, 0) is 9.47 Å². The van der Waals surface area contributed by atoms with Crippen LogP contribution < -0.4 is 5.32 Å². The minimum Gasteiger partial charge on any atom is -0.444 e. The normalized spacial score (nSPS) is 19.8. The zero-order valence-corrected chi connectivity index (χ0v) is 11.3. The highest BCUT2D eigenvalue weighted by Crippen LogP contribution is 2.07. The molecule has 5 nitrogen and oxygen atoms in total. The summed E-state index contributed by atoms with van der Waals surface area (Å²) in [7, 11) is 0. The minimum absolute atomic E-state index is 0.311. The highest BCUT2D eigenvalue weighted by atomic mass is 16.6. The van der Waals surface area contributed by atoms with Gasteiger partial charge in [-0.3, -0.25) is 4.90 Å². The van der Waals surface area contributed by atoms with Gasteiger partial charge in [-0.2, -0.15) is 0 Å². The van der Waals surface area contributed by atoms with Gasteiger partial charge in [-0.15, -0.1) is 0 Å². The first kappa shape index (κ1) is 14.3. The van der Waals surface area contributed by atoms with Crippen LogP contribution in [0, 0.1) is 0 Å². The molecule has 1 fully saturated rings. The zero-order valence-electron chi connectivity index (χ0n) is 11.3. The Kier molecular flexibility index (Phi) is 5.21. The molecular weight excluding hydrogens is 220 g/mol. The lowest BCUT2D eigenvalue weighted by atomic mass is 10.2. The lowest BCUT2D eigenvalue weighted by molar-refractivity contribution is 0.0181. The summed E-state index contributed by atoms with van der Waals surface area (Å²) in [6.45, 7) is 11.7. The summed E-state index contributed by atoms with van der Waals surface area (Å²) in [6.07, 6.45) is -0.349. The van der Waals surface area contributed by atoms with Crippen molar-refractivity contribution >= 4 is 6.09 Å². The average Bonchev–Trinajstić information content (AvgIpc) is 2.25. The fourth-order valence-corrected chi connectivity index (χ4v) is 1.69. The molecule has 0 aromatic heterocycles. The van der Waals surface area contributed by atoms with Crippen molar-refractivity contribution in [2.45, 2.75) is 39.3 Å². The molecule has 1 aliphatic heterocycles. The maximum Gasteiger partial charge on any atom is 0.407 e. The van der Waals surface area contributed by atoms with Crippen LogP contribution in [-0.4, -0.2) is 55.5 Å². The number of carbonyl (C=O) groups excluding carboxylic acids is 1. The Labute approximate surface area is 103 Å². The number of rotatable bonds is 3. The Morgan fingerprint density at radius 1 is 1.41 bits per heavy atom. The summed E-state index contributed by atoms with van der Waals surface area (Å²) in [5.41, 5.74) is -0.438. The summed E-state index contributed by atoms with van der Waals surface area (Å²) in [5.74, 6) is 0. The van der Waals surface area contributed by atoms with Gasteiger partial charge in [-0.1, -0.05) is 0 Å². The zero-order chi connectivity index (χ0) is 12.9. The first-order valence-electron chi connectivity index (χ1n) is 6.17. The fourth-order valence-electron chi connectivity index (χ4n) is 1.69. The largest absolute Gasteiger partial charge is 0.444 e. The second-order valence-corrected chi connectivity index (χ2v) is 5.38. The SMILES string of the molecule is CC(CNC(=O)OC(C)(C)C)N1CCOCC1. The summed E-state index contributed by atoms with van der Waals surface area (Å²) in [5, 5.41) is 2.79. The highest BCUT2D eigenvalue weighted by Gasteiger charge is 2.19. The number of carbonyl (C=O) groups is 1. The van der Waals surface area contributed by atoms with Gasteiger partial charge in [-0.05, 0) is 27.7 Å². The smallest absolute Gasteiger partial charge is 0.407 e. The first-order chi connectivity index (χ1) is 7.88. The van der Waals surface area contributed by atoms with Crippen LogP contribution in [0.25, 0.3) is 0 Å². The molecule has 0 aliphatic carbocycles. The van der Waals surface area contributed by atoms with Gasteiger partial charge in [0.25, 0.3) is 0 Å². The van der Waals surface area contributed by atoms with Crippen LogP contribution in [0.2, 0.25) is 0 Å². The van der Waals surface area contributed by atoms with E-state index in [9.17, 15) is 4.79 Å². The van der Waals surface area contributed by atoms with Gasteiger partial charge >= 0.3 is 6.09 Å². The van der Waals surface area contributed by atoms with Gasteiger partial charge in [0.15, 0.2) is 0 Å².